The summed E-state index contributed by atoms with van der Waals surface area (Å²) in [4.78, 5) is 30.3. The van der Waals surface area contributed by atoms with Crippen molar-refractivity contribution in [3.05, 3.63) is 130 Å². The van der Waals surface area contributed by atoms with Gasteiger partial charge in [0.15, 0.2) is 0 Å². The van der Waals surface area contributed by atoms with E-state index in [0.29, 0.717) is 15.7 Å². The summed E-state index contributed by atoms with van der Waals surface area (Å²) >= 11 is 12.3. The van der Waals surface area contributed by atoms with Crippen molar-refractivity contribution >= 4 is 50.7 Å². The largest absolute Gasteiger partial charge is 0.352 e. The fourth-order valence-corrected chi connectivity index (χ4v) is 7.59. The van der Waals surface area contributed by atoms with E-state index in [1.54, 1.807) is 30.3 Å². The normalized spacial score (nSPS) is 14.3. The molecule has 1 N–H and O–H groups in total. The molecular formula is C37H39Cl2N3O4S. The maximum Gasteiger partial charge on any atom is 0.264 e. The molecule has 0 bridgehead atoms. The van der Waals surface area contributed by atoms with Gasteiger partial charge in [-0.05, 0) is 85.0 Å². The van der Waals surface area contributed by atoms with E-state index in [9.17, 15) is 18.0 Å². The minimum absolute atomic E-state index is 0.00339. The van der Waals surface area contributed by atoms with Crippen molar-refractivity contribution in [2.24, 2.45) is 0 Å². The number of rotatable bonds is 12. The van der Waals surface area contributed by atoms with Gasteiger partial charge in [0.25, 0.3) is 10.0 Å². The molecule has 5 rings (SSSR count). The number of anilines is 1. The van der Waals surface area contributed by atoms with Crippen molar-refractivity contribution in [1.29, 1.82) is 0 Å². The highest BCUT2D eigenvalue weighted by Gasteiger charge is 2.35. The Bertz CT molecular complexity index is 1760. The van der Waals surface area contributed by atoms with Crippen LogP contribution >= 0.6 is 23.2 Å². The Kier molecular flexibility index (Phi) is 11.6. The minimum Gasteiger partial charge on any atom is -0.352 e. The summed E-state index contributed by atoms with van der Waals surface area (Å²) in [5, 5.41) is 4.16. The number of carbonyl (C=O) groups excluding carboxylic acids is 2. The highest BCUT2D eigenvalue weighted by Crippen LogP contribution is 2.27. The average Bonchev–Trinajstić information content (AvgIpc) is 3.07. The van der Waals surface area contributed by atoms with E-state index < -0.39 is 28.5 Å². The predicted molar refractivity (Wildman–Crippen MR) is 188 cm³/mol. The van der Waals surface area contributed by atoms with Crippen LogP contribution in [-0.4, -0.2) is 43.8 Å². The molecule has 1 saturated carbocycles. The Balaban J connectivity index is 1.56. The second-order valence-electron chi connectivity index (χ2n) is 12.0. The second-order valence-corrected chi connectivity index (χ2v) is 14.7. The SMILES string of the molecule is Cc1cccc(N(CC(=O)N(Cc2ccc(Cl)cc2)C(Cc2ccccc2)C(=O)NC2CCCCC2)S(=O)(=O)c2ccc(Cl)cc2)c1. The van der Waals surface area contributed by atoms with E-state index in [4.69, 9.17) is 23.2 Å². The van der Waals surface area contributed by atoms with E-state index in [0.717, 1.165) is 53.1 Å². The Morgan fingerprint density at radius 1 is 0.809 bits per heavy atom. The summed E-state index contributed by atoms with van der Waals surface area (Å²) in [5.74, 6) is -0.774. The molecule has 0 saturated heterocycles. The number of amides is 2. The molecule has 0 spiro atoms. The van der Waals surface area contributed by atoms with E-state index in [-0.39, 0.29) is 29.8 Å². The summed E-state index contributed by atoms with van der Waals surface area (Å²) in [6.45, 7) is 1.41. The summed E-state index contributed by atoms with van der Waals surface area (Å²) in [5.41, 5.74) is 2.81. The van der Waals surface area contributed by atoms with Gasteiger partial charge in [-0.2, -0.15) is 0 Å². The quantitative estimate of drug-likeness (QED) is 0.166. The lowest BCUT2D eigenvalue weighted by molar-refractivity contribution is -0.140. The Morgan fingerprint density at radius 2 is 1.45 bits per heavy atom. The van der Waals surface area contributed by atoms with Crippen LogP contribution in [0, 0.1) is 6.92 Å². The first-order valence-corrected chi connectivity index (χ1v) is 18.0. The zero-order valence-electron chi connectivity index (χ0n) is 26.3. The lowest BCUT2D eigenvalue weighted by Crippen LogP contribution is -2.55. The van der Waals surface area contributed by atoms with Crippen molar-refractivity contribution in [3.63, 3.8) is 0 Å². The number of hydrogen-bond donors (Lipinski definition) is 1. The third kappa shape index (κ3) is 9.15. The minimum atomic E-state index is -4.21. The number of hydrogen-bond acceptors (Lipinski definition) is 4. The van der Waals surface area contributed by atoms with Gasteiger partial charge >= 0.3 is 0 Å². The fourth-order valence-electron chi connectivity index (χ4n) is 5.93. The molecule has 0 aliphatic heterocycles. The first-order chi connectivity index (χ1) is 22.6. The average molecular weight is 693 g/mol. The highest BCUT2D eigenvalue weighted by molar-refractivity contribution is 7.92. The molecule has 0 radical (unpaired) electrons. The number of nitrogens with one attached hydrogen (secondary N) is 1. The van der Waals surface area contributed by atoms with E-state index >= 15 is 0 Å². The number of carbonyl (C=O) groups is 2. The van der Waals surface area contributed by atoms with Crippen LogP contribution in [0.15, 0.2) is 108 Å². The molecule has 4 aromatic rings. The van der Waals surface area contributed by atoms with Gasteiger partial charge < -0.3 is 10.2 Å². The van der Waals surface area contributed by atoms with Crippen LogP contribution in [0.5, 0.6) is 0 Å². The highest BCUT2D eigenvalue weighted by atomic mass is 35.5. The Morgan fingerprint density at radius 3 is 2.09 bits per heavy atom. The van der Waals surface area contributed by atoms with Crippen molar-refractivity contribution in [2.45, 2.75) is 69.0 Å². The molecule has 246 valence electrons. The third-order valence-corrected chi connectivity index (χ3v) is 10.8. The lowest BCUT2D eigenvalue weighted by atomic mass is 9.94. The first kappa shape index (κ1) is 34.5. The van der Waals surface area contributed by atoms with Gasteiger partial charge in [-0.15, -0.1) is 0 Å². The van der Waals surface area contributed by atoms with Gasteiger partial charge in [0.1, 0.15) is 12.6 Å². The van der Waals surface area contributed by atoms with Gasteiger partial charge in [-0.3, -0.25) is 13.9 Å². The molecule has 10 heteroatoms. The van der Waals surface area contributed by atoms with Gasteiger partial charge in [-0.1, -0.05) is 97.1 Å². The third-order valence-electron chi connectivity index (χ3n) is 8.46. The maximum atomic E-state index is 14.6. The number of halogens is 2. The van der Waals surface area contributed by atoms with Crippen molar-refractivity contribution in [1.82, 2.24) is 10.2 Å². The van der Waals surface area contributed by atoms with Gasteiger partial charge in [-0.25, -0.2) is 8.42 Å². The standard InChI is InChI=1S/C37H39Cl2N3O4S/c1-27-9-8-14-33(23-27)42(47(45,46)34-21-19-31(39)20-22-34)26-36(43)41(25-29-15-17-30(38)18-16-29)35(24-28-10-4-2-5-11-28)37(44)40-32-12-6-3-7-13-32/h2,4-5,8-11,14-23,32,35H,3,6-7,12-13,24-26H2,1H3,(H,40,44). The summed E-state index contributed by atoms with van der Waals surface area (Å²) in [6, 6.07) is 28.6. The second kappa shape index (κ2) is 15.8. The molecule has 7 nitrogen and oxygen atoms in total. The number of nitrogens with zero attached hydrogens (tertiary/aromatic N) is 2. The first-order valence-electron chi connectivity index (χ1n) is 15.8. The molecule has 2 amide bonds. The molecule has 1 aliphatic rings. The van der Waals surface area contributed by atoms with Crippen LogP contribution in [0.3, 0.4) is 0 Å². The van der Waals surface area contributed by atoms with Crippen LogP contribution in [0.1, 0.15) is 48.8 Å². The lowest BCUT2D eigenvalue weighted by Gasteiger charge is -2.35. The molecule has 0 heterocycles. The molecule has 1 atom stereocenters. The zero-order chi connectivity index (χ0) is 33.4. The molecule has 47 heavy (non-hydrogen) atoms. The number of sulfonamides is 1. The number of aryl methyl sites for hydroxylation is 1. The van der Waals surface area contributed by atoms with Gasteiger partial charge in [0, 0.05) is 29.1 Å². The molecular weight excluding hydrogens is 653 g/mol. The van der Waals surface area contributed by atoms with E-state index in [1.165, 1.54) is 29.2 Å². The van der Waals surface area contributed by atoms with Crippen molar-refractivity contribution in [2.75, 3.05) is 10.8 Å². The van der Waals surface area contributed by atoms with Crippen LogP contribution in [-0.2, 0) is 32.6 Å². The number of benzene rings is 4. The predicted octanol–water partition coefficient (Wildman–Crippen LogP) is 7.59. The Labute approximate surface area is 287 Å². The molecule has 4 aromatic carbocycles. The topological polar surface area (TPSA) is 86.8 Å². The van der Waals surface area contributed by atoms with Crippen molar-refractivity contribution in [3.8, 4) is 0 Å². The fraction of sp³-hybridized carbons (Fsp3) is 0.297. The van der Waals surface area contributed by atoms with Gasteiger partial charge in [0.05, 0.1) is 10.6 Å². The van der Waals surface area contributed by atoms with Gasteiger partial charge in [0.2, 0.25) is 11.8 Å². The zero-order valence-corrected chi connectivity index (χ0v) is 28.6. The molecule has 1 unspecified atom stereocenters. The van der Waals surface area contributed by atoms with E-state index in [2.05, 4.69) is 5.32 Å². The molecule has 0 aromatic heterocycles. The smallest absolute Gasteiger partial charge is 0.264 e. The summed E-state index contributed by atoms with van der Waals surface area (Å²) in [7, 11) is -4.21. The summed E-state index contributed by atoms with van der Waals surface area (Å²) < 4.78 is 29.5. The maximum absolute atomic E-state index is 14.6. The molecule has 1 fully saturated rings. The van der Waals surface area contributed by atoms with Crippen LogP contribution in [0.2, 0.25) is 10.0 Å². The Hall–Kier alpha value is -3.85. The van der Waals surface area contributed by atoms with Crippen LogP contribution in [0.25, 0.3) is 0 Å². The molecule has 1 aliphatic carbocycles. The monoisotopic (exact) mass is 691 g/mol. The van der Waals surface area contributed by atoms with Crippen LogP contribution in [0.4, 0.5) is 5.69 Å². The summed E-state index contributed by atoms with van der Waals surface area (Å²) in [6.07, 6.45) is 5.24. The van der Waals surface area contributed by atoms with Crippen molar-refractivity contribution < 1.29 is 18.0 Å². The van der Waals surface area contributed by atoms with Crippen LogP contribution < -0.4 is 9.62 Å². The van der Waals surface area contributed by atoms with E-state index in [1.807, 2.05) is 55.5 Å².